The number of hydrogen-bond acceptors (Lipinski definition) is 5. The summed E-state index contributed by atoms with van der Waals surface area (Å²) in [4.78, 5) is 19.2. The van der Waals surface area contributed by atoms with Crippen molar-refractivity contribution in [1.29, 1.82) is 0 Å². The van der Waals surface area contributed by atoms with Crippen molar-refractivity contribution in [2.45, 2.75) is 77.2 Å². The highest BCUT2D eigenvalue weighted by atomic mass is 16.5. The molecular weight excluding hydrogens is 402 g/mol. The molecule has 6 nitrogen and oxygen atoms in total. The lowest BCUT2D eigenvalue weighted by Gasteiger charge is -2.36. The Kier molecular flexibility index (Phi) is 7.63. The number of carbonyl (C=O) groups excluding carboxylic acids is 1. The monoisotopic (exact) mass is 437 g/mol. The van der Waals surface area contributed by atoms with Crippen LogP contribution >= 0.6 is 0 Å². The molecule has 0 radical (unpaired) electrons. The molecule has 1 saturated heterocycles. The molecule has 32 heavy (non-hydrogen) atoms. The topological polar surface area (TPSA) is 63.7 Å². The normalized spacial score (nSPS) is 21.5. The highest BCUT2D eigenvalue weighted by Crippen LogP contribution is 2.25. The number of nitrogens with one attached hydrogen (secondary N) is 1. The van der Waals surface area contributed by atoms with E-state index in [4.69, 9.17) is 9.47 Å². The summed E-state index contributed by atoms with van der Waals surface area (Å²) in [6, 6.07) is 12.2. The smallest absolute Gasteiger partial charge is 0.220 e. The number of benzene rings is 1. The molecule has 2 aliphatic rings. The summed E-state index contributed by atoms with van der Waals surface area (Å²) >= 11 is 0. The number of aryl methyl sites for hydroxylation is 1. The molecule has 2 heterocycles. The molecule has 1 saturated carbocycles. The third-order valence-corrected chi connectivity index (χ3v) is 6.19. The molecule has 0 bridgehead atoms. The van der Waals surface area contributed by atoms with Crippen LogP contribution in [0.15, 0.2) is 42.6 Å². The number of morpholine rings is 1. The van der Waals surface area contributed by atoms with E-state index in [9.17, 15) is 4.79 Å². The average molecular weight is 438 g/mol. The van der Waals surface area contributed by atoms with Crippen LogP contribution in [0, 0.1) is 0 Å². The summed E-state index contributed by atoms with van der Waals surface area (Å²) in [5.41, 5.74) is 2.14. The molecular formula is C26H35N3O3. The highest BCUT2D eigenvalue weighted by molar-refractivity contribution is 5.76. The second-order valence-corrected chi connectivity index (χ2v) is 9.14. The fourth-order valence-electron chi connectivity index (χ4n) is 4.59. The molecule has 1 aromatic carbocycles. The Balaban J connectivity index is 1.21. The first-order valence-corrected chi connectivity index (χ1v) is 11.9. The van der Waals surface area contributed by atoms with Crippen LogP contribution in [0.1, 0.15) is 57.1 Å². The van der Waals surface area contributed by atoms with Crippen molar-refractivity contribution < 1.29 is 14.3 Å². The Labute approximate surface area is 191 Å². The minimum Gasteiger partial charge on any atom is -0.490 e. The molecule has 1 aromatic heterocycles. The summed E-state index contributed by atoms with van der Waals surface area (Å²) in [7, 11) is 0. The van der Waals surface area contributed by atoms with Gasteiger partial charge >= 0.3 is 0 Å². The molecule has 2 aromatic rings. The van der Waals surface area contributed by atoms with Crippen molar-refractivity contribution >= 4 is 11.7 Å². The van der Waals surface area contributed by atoms with Crippen molar-refractivity contribution in [3.05, 3.63) is 53.7 Å². The van der Waals surface area contributed by atoms with Gasteiger partial charge in [-0.15, -0.1) is 0 Å². The zero-order chi connectivity index (χ0) is 22.3. The predicted octanol–water partition coefficient (Wildman–Crippen LogP) is 4.27. The molecule has 6 heteroatoms. The molecule has 4 rings (SSSR count). The van der Waals surface area contributed by atoms with Crippen LogP contribution < -0.4 is 15.0 Å². The largest absolute Gasteiger partial charge is 0.490 e. The van der Waals surface area contributed by atoms with Crippen LogP contribution in [-0.2, 0) is 22.5 Å². The number of anilines is 1. The molecule has 1 aliphatic heterocycles. The van der Waals surface area contributed by atoms with Crippen molar-refractivity contribution in [3.63, 3.8) is 0 Å². The SMILES string of the molecule is CC1CN(c2ccc(CNC(=O)CCc3cccc(OC4CCCC4)c3)cn2)CC(C)O1. The van der Waals surface area contributed by atoms with E-state index in [2.05, 4.69) is 41.2 Å². The number of nitrogens with zero attached hydrogens (tertiary/aromatic N) is 2. The van der Waals surface area contributed by atoms with Crippen LogP contribution in [-0.4, -0.2) is 42.3 Å². The average Bonchev–Trinajstić information content (AvgIpc) is 3.29. The molecule has 1 N–H and O–H groups in total. The molecule has 2 atom stereocenters. The lowest BCUT2D eigenvalue weighted by atomic mass is 10.1. The van der Waals surface area contributed by atoms with Crippen molar-refractivity contribution in [2.75, 3.05) is 18.0 Å². The Morgan fingerprint density at radius 3 is 2.62 bits per heavy atom. The zero-order valence-electron chi connectivity index (χ0n) is 19.3. The zero-order valence-corrected chi connectivity index (χ0v) is 19.3. The fraction of sp³-hybridized carbons (Fsp3) is 0.538. The van der Waals surface area contributed by atoms with Gasteiger partial charge in [-0.1, -0.05) is 18.2 Å². The van der Waals surface area contributed by atoms with E-state index in [-0.39, 0.29) is 18.1 Å². The lowest BCUT2D eigenvalue weighted by molar-refractivity contribution is -0.121. The van der Waals surface area contributed by atoms with Gasteiger partial charge in [0, 0.05) is 32.3 Å². The lowest BCUT2D eigenvalue weighted by Crippen LogP contribution is -2.45. The van der Waals surface area contributed by atoms with E-state index in [1.54, 1.807) is 0 Å². The van der Waals surface area contributed by atoms with Crippen LogP contribution in [0.3, 0.4) is 0 Å². The quantitative estimate of drug-likeness (QED) is 0.668. The number of pyridine rings is 1. The number of hydrogen-bond donors (Lipinski definition) is 1. The van der Waals surface area contributed by atoms with Gasteiger partial charge < -0.3 is 19.7 Å². The first-order chi connectivity index (χ1) is 15.5. The standard InChI is InChI=1S/C26H35N3O3/c1-19-17-29(18-20(2)31-19)25-12-10-22(15-27-25)16-28-26(30)13-11-21-6-5-9-24(14-21)32-23-7-3-4-8-23/h5-6,9-10,12,14-15,19-20,23H,3-4,7-8,11,13,16-18H2,1-2H3,(H,28,30). The predicted molar refractivity (Wildman–Crippen MR) is 126 cm³/mol. The van der Waals surface area contributed by atoms with Gasteiger partial charge in [0.2, 0.25) is 5.91 Å². The molecule has 172 valence electrons. The summed E-state index contributed by atoms with van der Waals surface area (Å²) < 4.78 is 11.9. The maximum Gasteiger partial charge on any atom is 0.220 e. The number of carbonyl (C=O) groups is 1. The number of ether oxygens (including phenoxy) is 2. The molecule has 1 aliphatic carbocycles. The van der Waals surface area contributed by atoms with E-state index < -0.39 is 0 Å². The summed E-state index contributed by atoms with van der Waals surface area (Å²) in [5, 5.41) is 3.01. The van der Waals surface area contributed by atoms with E-state index in [1.807, 2.05) is 30.5 Å². The number of rotatable bonds is 8. The van der Waals surface area contributed by atoms with Gasteiger partial charge in [0.05, 0.1) is 18.3 Å². The van der Waals surface area contributed by atoms with Gasteiger partial charge in [-0.25, -0.2) is 4.98 Å². The van der Waals surface area contributed by atoms with E-state index in [0.29, 0.717) is 25.5 Å². The van der Waals surface area contributed by atoms with Gasteiger partial charge in [-0.05, 0) is 75.3 Å². The molecule has 2 unspecified atom stereocenters. The highest BCUT2D eigenvalue weighted by Gasteiger charge is 2.23. The third kappa shape index (κ3) is 6.45. The van der Waals surface area contributed by atoms with Crippen LogP contribution in [0.2, 0.25) is 0 Å². The summed E-state index contributed by atoms with van der Waals surface area (Å²) in [6.07, 6.45) is 8.58. The second-order valence-electron chi connectivity index (χ2n) is 9.14. The Morgan fingerprint density at radius 1 is 1.12 bits per heavy atom. The first-order valence-electron chi connectivity index (χ1n) is 11.9. The van der Waals surface area contributed by atoms with E-state index in [1.165, 1.54) is 12.8 Å². The minimum absolute atomic E-state index is 0.0482. The molecule has 1 amide bonds. The van der Waals surface area contributed by atoms with E-state index >= 15 is 0 Å². The van der Waals surface area contributed by atoms with Gasteiger partial charge in [0.1, 0.15) is 11.6 Å². The Morgan fingerprint density at radius 2 is 1.91 bits per heavy atom. The van der Waals surface area contributed by atoms with Crippen molar-refractivity contribution in [2.24, 2.45) is 0 Å². The van der Waals surface area contributed by atoms with Gasteiger partial charge in [0.15, 0.2) is 0 Å². The molecule has 0 spiro atoms. The maximum atomic E-state index is 12.4. The van der Waals surface area contributed by atoms with Gasteiger partial charge in [-0.2, -0.15) is 0 Å². The molecule has 2 fully saturated rings. The maximum absolute atomic E-state index is 12.4. The third-order valence-electron chi connectivity index (χ3n) is 6.19. The summed E-state index contributed by atoms with van der Waals surface area (Å²) in [6.45, 7) is 6.37. The fourth-order valence-corrected chi connectivity index (χ4v) is 4.59. The van der Waals surface area contributed by atoms with Gasteiger partial charge in [0.25, 0.3) is 0 Å². The Bertz CT molecular complexity index is 870. The first kappa shape index (κ1) is 22.6. The van der Waals surface area contributed by atoms with Crippen molar-refractivity contribution in [3.8, 4) is 5.75 Å². The van der Waals surface area contributed by atoms with Crippen LogP contribution in [0.4, 0.5) is 5.82 Å². The van der Waals surface area contributed by atoms with Gasteiger partial charge in [-0.3, -0.25) is 4.79 Å². The van der Waals surface area contributed by atoms with Crippen molar-refractivity contribution in [1.82, 2.24) is 10.3 Å². The summed E-state index contributed by atoms with van der Waals surface area (Å²) in [5.74, 6) is 1.93. The van der Waals surface area contributed by atoms with E-state index in [0.717, 1.165) is 48.6 Å². The second kappa shape index (κ2) is 10.8. The van der Waals surface area contributed by atoms with Crippen LogP contribution in [0.25, 0.3) is 0 Å². The minimum atomic E-state index is 0.0482. The number of amides is 1. The van der Waals surface area contributed by atoms with Crippen LogP contribution in [0.5, 0.6) is 5.75 Å². The number of aromatic nitrogens is 1. The Hall–Kier alpha value is -2.60.